The topological polar surface area (TPSA) is 30.7 Å². The van der Waals surface area contributed by atoms with Crippen LogP contribution in [0.3, 0.4) is 0 Å². The molecule has 0 atom stereocenters. The van der Waals surface area contributed by atoms with E-state index >= 15 is 0 Å². The summed E-state index contributed by atoms with van der Waals surface area (Å²) in [7, 11) is 0. The maximum atomic E-state index is 6.27. The molecule has 3 rings (SSSR count). The molecule has 6 heteroatoms. The van der Waals surface area contributed by atoms with Crippen molar-refractivity contribution in [3.05, 3.63) is 63.4 Å². The molecule has 0 radical (unpaired) electrons. The van der Waals surface area contributed by atoms with Crippen LogP contribution in [0.15, 0.2) is 42.5 Å². The van der Waals surface area contributed by atoms with E-state index in [9.17, 15) is 0 Å². The van der Waals surface area contributed by atoms with Crippen molar-refractivity contribution in [3.63, 3.8) is 0 Å². The van der Waals surface area contributed by atoms with Gasteiger partial charge in [-0.25, -0.2) is 9.67 Å². The first-order chi connectivity index (χ1) is 10.0. The third-order valence-electron chi connectivity index (χ3n) is 2.96. The number of hydrogen-bond donors (Lipinski definition) is 0. The molecule has 1 heterocycles. The maximum Gasteiger partial charge on any atom is 0.164 e. The molecule has 3 nitrogen and oxygen atoms in total. The Hall–Kier alpha value is -1.55. The third kappa shape index (κ3) is 2.91. The molecule has 3 aromatic rings. The van der Waals surface area contributed by atoms with Gasteiger partial charge < -0.3 is 0 Å². The van der Waals surface area contributed by atoms with Crippen molar-refractivity contribution in [2.75, 3.05) is 0 Å². The lowest BCUT2D eigenvalue weighted by molar-refractivity contribution is 0.869. The molecular weight excluding hydrogens is 329 g/mol. The highest BCUT2D eigenvalue weighted by Gasteiger charge is 2.14. The summed E-state index contributed by atoms with van der Waals surface area (Å²) in [5.74, 6) is 1.32. The highest BCUT2D eigenvalue weighted by molar-refractivity contribution is 6.36. The van der Waals surface area contributed by atoms with Crippen LogP contribution < -0.4 is 0 Å². The molecule has 0 aliphatic heterocycles. The highest BCUT2D eigenvalue weighted by atomic mass is 35.5. The van der Waals surface area contributed by atoms with Gasteiger partial charge in [0.05, 0.1) is 10.7 Å². The number of hydrogen-bond acceptors (Lipinski definition) is 2. The minimum absolute atomic E-state index is 0.533. The van der Waals surface area contributed by atoms with Crippen LogP contribution in [-0.2, 0) is 0 Å². The molecule has 0 saturated carbocycles. The minimum Gasteiger partial charge on any atom is -0.213 e. The van der Waals surface area contributed by atoms with Crippen LogP contribution in [0.2, 0.25) is 15.1 Å². The van der Waals surface area contributed by atoms with Gasteiger partial charge in [0, 0.05) is 15.6 Å². The van der Waals surface area contributed by atoms with Gasteiger partial charge >= 0.3 is 0 Å². The average Bonchev–Trinajstić information content (AvgIpc) is 2.81. The van der Waals surface area contributed by atoms with Crippen molar-refractivity contribution < 1.29 is 0 Å². The number of aryl methyl sites for hydroxylation is 1. The van der Waals surface area contributed by atoms with Crippen LogP contribution in [0, 0.1) is 6.92 Å². The summed E-state index contributed by atoms with van der Waals surface area (Å²) >= 11 is 18.1. The molecule has 106 valence electrons. The van der Waals surface area contributed by atoms with E-state index in [4.69, 9.17) is 34.8 Å². The van der Waals surface area contributed by atoms with E-state index in [0.717, 1.165) is 11.3 Å². The molecule has 0 bridgehead atoms. The van der Waals surface area contributed by atoms with Crippen molar-refractivity contribution >= 4 is 34.8 Å². The first kappa shape index (κ1) is 14.4. The quantitative estimate of drug-likeness (QED) is 0.642. The van der Waals surface area contributed by atoms with Crippen LogP contribution in [0.5, 0.6) is 0 Å². The molecule has 0 saturated heterocycles. The molecule has 0 fully saturated rings. The van der Waals surface area contributed by atoms with E-state index < -0.39 is 0 Å². The van der Waals surface area contributed by atoms with Gasteiger partial charge in [0.25, 0.3) is 0 Å². The normalized spacial score (nSPS) is 10.9. The monoisotopic (exact) mass is 337 g/mol. The van der Waals surface area contributed by atoms with Crippen molar-refractivity contribution in [2.45, 2.75) is 6.92 Å². The van der Waals surface area contributed by atoms with Crippen LogP contribution in [0.25, 0.3) is 17.1 Å². The summed E-state index contributed by atoms with van der Waals surface area (Å²) in [6.45, 7) is 1.83. The number of halogens is 3. The van der Waals surface area contributed by atoms with Gasteiger partial charge in [-0.05, 0) is 49.4 Å². The first-order valence-electron chi connectivity index (χ1n) is 6.19. The van der Waals surface area contributed by atoms with E-state index in [1.165, 1.54) is 0 Å². The summed E-state index contributed by atoms with van der Waals surface area (Å²) in [5, 5.41) is 6.20. The molecule has 0 aliphatic rings. The van der Waals surface area contributed by atoms with E-state index in [2.05, 4.69) is 10.1 Å². The molecule has 0 unspecified atom stereocenters. The predicted octanol–water partition coefficient (Wildman–Crippen LogP) is 5.20. The van der Waals surface area contributed by atoms with Gasteiger partial charge in [0.2, 0.25) is 0 Å². The number of rotatable bonds is 2. The summed E-state index contributed by atoms with van der Waals surface area (Å²) < 4.78 is 1.74. The third-order valence-corrected chi connectivity index (χ3v) is 3.76. The molecule has 1 aromatic heterocycles. The fraction of sp³-hybridized carbons (Fsp3) is 0.0667. The number of benzene rings is 2. The largest absolute Gasteiger partial charge is 0.213 e. The van der Waals surface area contributed by atoms with Gasteiger partial charge in [0.1, 0.15) is 5.82 Å². The number of nitrogens with zero attached hydrogens (tertiary/aromatic N) is 3. The molecule has 0 N–H and O–H groups in total. The van der Waals surface area contributed by atoms with Crippen molar-refractivity contribution in [1.29, 1.82) is 0 Å². The predicted molar refractivity (Wildman–Crippen MR) is 86.6 cm³/mol. The Morgan fingerprint density at radius 1 is 0.905 bits per heavy atom. The summed E-state index contributed by atoms with van der Waals surface area (Å²) in [6, 6.07) is 12.7. The Morgan fingerprint density at radius 3 is 2.24 bits per heavy atom. The lowest BCUT2D eigenvalue weighted by Crippen LogP contribution is -1.99. The molecule has 2 aromatic carbocycles. The minimum atomic E-state index is 0.533. The SMILES string of the molecule is Cc1nc(-c2ccc(Cl)cc2Cl)n(-c2ccc(Cl)cc2)n1. The molecule has 0 aliphatic carbocycles. The molecule has 0 spiro atoms. The van der Waals surface area contributed by atoms with Crippen molar-refractivity contribution in [1.82, 2.24) is 14.8 Å². The van der Waals surface area contributed by atoms with Gasteiger partial charge in [0.15, 0.2) is 5.82 Å². The van der Waals surface area contributed by atoms with Crippen LogP contribution in [0.4, 0.5) is 0 Å². The van der Waals surface area contributed by atoms with E-state index in [1.54, 1.807) is 28.9 Å². The van der Waals surface area contributed by atoms with Crippen LogP contribution in [-0.4, -0.2) is 14.8 Å². The average molecular weight is 339 g/mol. The summed E-state index contributed by atoms with van der Waals surface area (Å²) in [6.07, 6.45) is 0. The van der Waals surface area contributed by atoms with Crippen molar-refractivity contribution in [2.24, 2.45) is 0 Å². The summed E-state index contributed by atoms with van der Waals surface area (Å²) in [5.41, 5.74) is 1.64. The zero-order valence-corrected chi connectivity index (χ0v) is 13.3. The standard InChI is InChI=1S/C15H10Cl3N3/c1-9-19-15(13-7-4-11(17)8-14(13)18)21(20-9)12-5-2-10(16)3-6-12/h2-8H,1H3. The van der Waals surface area contributed by atoms with Gasteiger partial charge in [-0.15, -0.1) is 0 Å². The summed E-state index contributed by atoms with van der Waals surface area (Å²) in [4.78, 5) is 4.46. The van der Waals surface area contributed by atoms with Gasteiger partial charge in [-0.3, -0.25) is 0 Å². The van der Waals surface area contributed by atoms with Gasteiger partial charge in [-0.2, -0.15) is 5.10 Å². The lowest BCUT2D eigenvalue weighted by Gasteiger charge is -2.07. The second-order valence-electron chi connectivity index (χ2n) is 4.50. The lowest BCUT2D eigenvalue weighted by atomic mass is 10.2. The smallest absolute Gasteiger partial charge is 0.164 e. The van der Waals surface area contributed by atoms with Crippen LogP contribution in [0.1, 0.15) is 5.82 Å². The van der Waals surface area contributed by atoms with Crippen LogP contribution >= 0.6 is 34.8 Å². The molecular formula is C15H10Cl3N3. The fourth-order valence-electron chi connectivity index (χ4n) is 2.02. The molecule has 21 heavy (non-hydrogen) atoms. The Labute approximate surface area is 137 Å². The second-order valence-corrected chi connectivity index (χ2v) is 5.78. The molecule has 0 amide bonds. The highest BCUT2D eigenvalue weighted by Crippen LogP contribution is 2.30. The maximum absolute atomic E-state index is 6.27. The second kappa shape index (κ2) is 5.68. The van der Waals surface area contributed by atoms with Gasteiger partial charge in [-0.1, -0.05) is 34.8 Å². The Bertz CT molecular complexity index is 794. The fourth-order valence-corrected chi connectivity index (χ4v) is 2.64. The Balaban J connectivity index is 2.17. The van der Waals surface area contributed by atoms with Crippen molar-refractivity contribution in [3.8, 4) is 17.1 Å². The van der Waals surface area contributed by atoms with E-state index in [-0.39, 0.29) is 0 Å². The number of aromatic nitrogens is 3. The first-order valence-corrected chi connectivity index (χ1v) is 7.33. The zero-order valence-electron chi connectivity index (χ0n) is 11.0. The Morgan fingerprint density at radius 2 is 1.57 bits per heavy atom. The zero-order chi connectivity index (χ0) is 15.0. The van der Waals surface area contributed by atoms with E-state index in [0.29, 0.717) is 26.7 Å². The Kier molecular flexibility index (Phi) is 3.89. The van der Waals surface area contributed by atoms with E-state index in [1.807, 2.05) is 25.1 Å².